The van der Waals surface area contributed by atoms with E-state index in [-0.39, 0.29) is 30.6 Å². The zero-order valence-corrected chi connectivity index (χ0v) is 26.7. The molecule has 2 aliphatic heterocycles. The Labute approximate surface area is 272 Å². The molecule has 2 saturated heterocycles. The molecule has 3 aromatic rings. The van der Waals surface area contributed by atoms with Crippen molar-refractivity contribution < 1.29 is 24.2 Å². The monoisotopic (exact) mass is 628 g/mol. The zero-order chi connectivity index (χ0) is 32.1. The normalized spacial score (nSPS) is 20.2. The Balaban J connectivity index is 1.10. The summed E-state index contributed by atoms with van der Waals surface area (Å²) >= 11 is 0. The van der Waals surface area contributed by atoms with Crippen LogP contribution < -0.4 is 16.4 Å². The number of anilines is 3. The van der Waals surface area contributed by atoms with E-state index in [1.165, 1.54) is 19.3 Å². The fraction of sp³-hybridized carbons (Fsp3) is 0.459. The lowest BCUT2D eigenvalue weighted by Gasteiger charge is -2.39. The number of rotatable bonds is 14. The van der Waals surface area contributed by atoms with Crippen molar-refractivity contribution in [2.24, 2.45) is 0 Å². The molecule has 9 heteroatoms. The number of amides is 2. The smallest absolute Gasteiger partial charge is 0.224 e. The Hall–Kier alpha value is -3.76. The van der Waals surface area contributed by atoms with E-state index in [0.29, 0.717) is 29.9 Å². The van der Waals surface area contributed by atoms with Crippen molar-refractivity contribution in [1.29, 1.82) is 0 Å². The Bertz CT molecular complexity index is 1410. The van der Waals surface area contributed by atoms with Gasteiger partial charge in [-0.15, -0.1) is 0 Å². The number of nitrogens with one attached hydrogen (secondary N) is 2. The first-order valence-corrected chi connectivity index (χ1v) is 16.7. The number of benzene rings is 3. The number of likely N-dealkylation sites (tertiary alicyclic amines) is 1. The maximum absolute atomic E-state index is 12.8. The highest BCUT2D eigenvalue weighted by molar-refractivity contribution is 5.93. The molecule has 3 atom stereocenters. The van der Waals surface area contributed by atoms with E-state index >= 15 is 0 Å². The van der Waals surface area contributed by atoms with E-state index in [4.69, 9.17) is 15.2 Å². The number of ether oxygens (including phenoxy) is 2. The summed E-state index contributed by atoms with van der Waals surface area (Å²) in [4.78, 5) is 27.5. The Morgan fingerprint density at radius 3 is 2.24 bits per heavy atom. The summed E-state index contributed by atoms with van der Waals surface area (Å²) in [5, 5.41) is 15.4. The van der Waals surface area contributed by atoms with Gasteiger partial charge in [-0.3, -0.25) is 9.59 Å². The molecule has 0 bridgehead atoms. The summed E-state index contributed by atoms with van der Waals surface area (Å²) in [6.07, 6.45) is 7.91. The van der Waals surface area contributed by atoms with Gasteiger partial charge in [0.25, 0.3) is 0 Å². The van der Waals surface area contributed by atoms with E-state index in [2.05, 4.69) is 15.5 Å². The van der Waals surface area contributed by atoms with Crippen molar-refractivity contribution in [3.05, 3.63) is 89.5 Å². The van der Waals surface area contributed by atoms with E-state index in [9.17, 15) is 14.7 Å². The van der Waals surface area contributed by atoms with Gasteiger partial charge in [0, 0.05) is 37.1 Å². The number of nitrogens with zero attached hydrogens (tertiary/aromatic N) is 1. The average molecular weight is 629 g/mol. The second-order valence-corrected chi connectivity index (χ2v) is 12.4. The molecule has 0 radical (unpaired) electrons. The summed E-state index contributed by atoms with van der Waals surface area (Å²) in [5.41, 5.74) is 10.6. The van der Waals surface area contributed by atoms with E-state index in [0.717, 1.165) is 68.4 Å². The second-order valence-electron chi connectivity index (χ2n) is 12.4. The Kier molecular flexibility index (Phi) is 12.6. The second kappa shape index (κ2) is 17.2. The summed E-state index contributed by atoms with van der Waals surface area (Å²) in [7, 11) is 0. The molecule has 2 fully saturated rings. The third-order valence-corrected chi connectivity index (χ3v) is 8.76. The van der Waals surface area contributed by atoms with Gasteiger partial charge in [0.15, 0.2) is 6.29 Å². The predicted molar refractivity (Wildman–Crippen MR) is 181 cm³/mol. The Morgan fingerprint density at radius 2 is 1.52 bits per heavy atom. The van der Waals surface area contributed by atoms with Gasteiger partial charge in [-0.25, -0.2) is 0 Å². The molecule has 9 nitrogen and oxygen atoms in total. The number of nitrogens with two attached hydrogens (primary N) is 1. The van der Waals surface area contributed by atoms with Gasteiger partial charge in [-0.1, -0.05) is 67.8 Å². The molecule has 246 valence electrons. The van der Waals surface area contributed by atoms with Gasteiger partial charge in [0.05, 0.1) is 30.2 Å². The van der Waals surface area contributed by atoms with Gasteiger partial charge in [-0.05, 0) is 74.2 Å². The highest BCUT2D eigenvalue weighted by atomic mass is 16.7. The molecule has 0 unspecified atom stereocenters. The topological polar surface area (TPSA) is 126 Å². The van der Waals surface area contributed by atoms with Crippen molar-refractivity contribution in [3.8, 4) is 0 Å². The van der Waals surface area contributed by atoms with Crippen molar-refractivity contribution in [3.63, 3.8) is 0 Å². The molecule has 2 heterocycles. The molecule has 0 aromatic heterocycles. The third kappa shape index (κ3) is 10.1. The van der Waals surface area contributed by atoms with Crippen molar-refractivity contribution >= 4 is 28.9 Å². The van der Waals surface area contributed by atoms with Crippen LogP contribution in [0.3, 0.4) is 0 Å². The largest absolute Gasteiger partial charge is 0.397 e. The number of carbonyl (C=O) groups is 2. The summed E-state index contributed by atoms with van der Waals surface area (Å²) in [6, 6.07) is 22.9. The number of nitrogen functional groups attached to an aromatic ring is 1. The standard InChI is InChI=1S/C37H48N4O5/c38-32-13-6-7-14-33(32)40-36(44)16-5-2-1-4-15-35(43)39-30-12-10-11-29(23-30)37-45-31(25-41-21-8-3-9-22-41)24-34(46-37)28-19-17-27(26-42)18-20-28/h6-7,10-14,17-20,23,31,34,37,42H,1-5,8-9,15-16,21-22,24-26,38H2,(H,39,43)(H,40,44)/t31-,34+,37+/m0/s1. The van der Waals surface area contributed by atoms with Crippen LogP contribution in [0.25, 0.3) is 0 Å². The minimum atomic E-state index is -0.557. The first kappa shape index (κ1) is 33.6. The van der Waals surface area contributed by atoms with Crippen LogP contribution in [0.15, 0.2) is 72.8 Å². The number of carbonyl (C=O) groups excluding carboxylic acids is 2. The molecule has 0 saturated carbocycles. The van der Waals surface area contributed by atoms with Crippen LogP contribution in [0.2, 0.25) is 0 Å². The highest BCUT2D eigenvalue weighted by Gasteiger charge is 2.33. The zero-order valence-electron chi connectivity index (χ0n) is 26.7. The number of piperidine rings is 1. The van der Waals surface area contributed by atoms with E-state index < -0.39 is 6.29 Å². The van der Waals surface area contributed by atoms with Crippen LogP contribution in [0, 0.1) is 0 Å². The molecule has 3 aromatic carbocycles. The lowest BCUT2D eigenvalue weighted by Crippen LogP contribution is -2.41. The maximum atomic E-state index is 12.8. The maximum Gasteiger partial charge on any atom is 0.224 e. The first-order chi connectivity index (χ1) is 22.5. The molecular formula is C37H48N4O5. The van der Waals surface area contributed by atoms with Gasteiger partial charge in [0.1, 0.15) is 0 Å². The quantitative estimate of drug-likeness (QED) is 0.115. The summed E-state index contributed by atoms with van der Waals surface area (Å²) in [6.45, 7) is 3.08. The predicted octanol–water partition coefficient (Wildman–Crippen LogP) is 6.71. The lowest BCUT2D eigenvalue weighted by molar-refractivity contribution is -0.253. The van der Waals surface area contributed by atoms with Crippen LogP contribution >= 0.6 is 0 Å². The fourth-order valence-corrected chi connectivity index (χ4v) is 6.20. The molecule has 0 aliphatic carbocycles. The van der Waals surface area contributed by atoms with Crippen LogP contribution in [0.1, 0.15) is 93.3 Å². The average Bonchev–Trinajstić information content (AvgIpc) is 3.08. The van der Waals surface area contributed by atoms with Gasteiger partial charge in [0.2, 0.25) is 11.8 Å². The Morgan fingerprint density at radius 1 is 0.804 bits per heavy atom. The number of aliphatic hydroxyl groups is 1. The first-order valence-electron chi connectivity index (χ1n) is 16.7. The van der Waals surface area contributed by atoms with E-state index in [1.807, 2.05) is 60.7 Å². The SMILES string of the molecule is Nc1ccccc1NC(=O)CCCCCCC(=O)Nc1cccc([C@@H]2O[C@H](CN3CCCCC3)C[C@H](c3ccc(CO)cc3)O2)c1. The van der Waals surface area contributed by atoms with Gasteiger partial charge >= 0.3 is 0 Å². The van der Waals surface area contributed by atoms with Crippen LogP contribution in [0.5, 0.6) is 0 Å². The van der Waals surface area contributed by atoms with Crippen LogP contribution in [0.4, 0.5) is 17.1 Å². The van der Waals surface area contributed by atoms with E-state index in [1.54, 1.807) is 12.1 Å². The fourth-order valence-electron chi connectivity index (χ4n) is 6.20. The molecule has 46 heavy (non-hydrogen) atoms. The molecular weight excluding hydrogens is 580 g/mol. The van der Waals surface area contributed by atoms with Gasteiger partial charge in [-0.2, -0.15) is 0 Å². The molecule has 5 N–H and O–H groups in total. The minimum absolute atomic E-state index is 0.0117. The number of hydrogen-bond acceptors (Lipinski definition) is 7. The molecule has 2 amide bonds. The minimum Gasteiger partial charge on any atom is -0.397 e. The number of hydrogen-bond donors (Lipinski definition) is 4. The number of para-hydroxylation sites is 2. The summed E-state index contributed by atoms with van der Waals surface area (Å²) < 4.78 is 13.1. The number of unbranched alkanes of at least 4 members (excludes halogenated alkanes) is 3. The summed E-state index contributed by atoms with van der Waals surface area (Å²) in [5.74, 6) is -0.0880. The molecule has 0 spiro atoms. The van der Waals surface area contributed by atoms with Crippen LogP contribution in [-0.2, 0) is 25.7 Å². The van der Waals surface area contributed by atoms with Crippen molar-refractivity contribution in [2.45, 2.75) is 89.3 Å². The van der Waals surface area contributed by atoms with Crippen molar-refractivity contribution in [1.82, 2.24) is 4.90 Å². The third-order valence-electron chi connectivity index (χ3n) is 8.76. The highest BCUT2D eigenvalue weighted by Crippen LogP contribution is 2.39. The van der Waals surface area contributed by atoms with Gasteiger partial charge < -0.3 is 35.8 Å². The van der Waals surface area contributed by atoms with Crippen molar-refractivity contribution in [2.75, 3.05) is 36.0 Å². The lowest BCUT2D eigenvalue weighted by atomic mass is 9.99. The number of aliphatic hydroxyl groups excluding tert-OH is 1. The molecule has 2 aliphatic rings. The molecule has 5 rings (SSSR count). The van der Waals surface area contributed by atoms with Crippen LogP contribution in [-0.4, -0.2) is 47.6 Å².